The van der Waals surface area contributed by atoms with Gasteiger partial charge in [-0.2, -0.15) is 0 Å². The van der Waals surface area contributed by atoms with Crippen molar-refractivity contribution in [2.45, 2.75) is 75.8 Å². The van der Waals surface area contributed by atoms with Crippen molar-refractivity contribution in [3.8, 4) is 10.4 Å². The van der Waals surface area contributed by atoms with Crippen LogP contribution in [0.4, 0.5) is 4.79 Å². The van der Waals surface area contributed by atoms with Gasteiger partial charge in [0.05, 0.1) is 20.9 Å². The Balaban J connectivity index is 1.51. The first-order chi connectivity index (χ1) is 17.2. The number of ether oxygens (including phenoxy) is 1. The molecule has 2 aromatic heterocycles. The van der Waals surface area contributed by atoms with Crippen molar-refractivity contribution in [1.82, 2.24) is 25.0 Å². The van der Waals surface area contributed by atoms with Gasteiger partial charge >= 0.3 is 6.09 Å². The number of rotatable bonds is 9. The van der Waals surface area contributed by atoms with E-state index in [0.29, 0.717) is 18.5 Å². The van der Waals surface area contributed by atoms with E-state index < -0.39 is 10.0 Å². The second-order valence-electron chi connectivity index (χ2n) is 9.25. The maximum Gasteiger partial charge on any atom is 0.407 e. The highest BCUT2D eigenvalue weighted by atomic mass is 32.2. The molecule has 36 heavy (non-hydrogen) atoms. The van der Waals surface area contributed by atoms with Gasteiger partial charge in [0.25, 0.3) is 0 Å². The number of nitrogens with one attached hydrogen (secondary N) is 3. The lowest BCUT2D eigenvalue weighted by Crippen LogP contribution is -2.38. The van der Waals surface area contributed by atoms with Gasteiger partial charge in [-0.15, -0.1) is 11.3 Å². The number of carbonyl (C=O) groups is 1. The van der Waals surface area contributed by atoms with Crippen molar-refractivity contribution in [3.05, 3.63) is 53.2 Å². The second kappa shape index (κ2) is 11.5. The lowest BCUT2D eigenvalue weighted by atomic mass is 9.86. The van der Waals surface area contributed by atoms with E-state index in [1.165, 1.54) is 0 Å². The van der Waals surface area contributed by atoms with Gasteiger partial charge in [-0.1, -0.05) is 19.1 Å². The normalized spacial score (nSPS) is 18.3. The molecule has 0 radical (unpaired) electrons. The third-order valence-corrected chi connectivity index (χ3v) is 8.91. The number of benzene rings is 1. The number of aromatic amines is 1. The summed E-state index contributed by atoms with van der Waals surface area (Å²) in [5, 5.41) is 3.95. The highest BCUT2D eigenvalue weighted by molar-refractivity contribution is 7.89. The first-order valence-electron chi connectivity index (χ1n) is 12.3. The highest BCUT2D eigenvalue weighted by Gasteiger charge is 2.27. The molecule has 1 aliphatic carbocycles. The molecule has 2 heterocycles. The minimum atomic E-state index is -3.69. The summed E-state index contributed by atoms with van der Waals surface area (Å²) in [5.74, 6) is 1.06. The van der Waals surface area contributed by atoms with E-state index in [9.17, 15) is 13.2 Å². The van der Waals surface area contributed by atoms with Crippen molar-refractivity contribution in [2.75, 3.05) is 6.54 Å². The van der Waals surface area contributed by atoms with E-state index in [1.54, 1.807) is 42.9 Å². The first kappa shape index (κ1) is 26.3. The van der Waals surface area contributed by atoms with Crippen molar-refractivity contribution >= 4 is 27.5 Å². The van der Waals surface area contributed by atoms with Gasteiger partial charge in [-0.3, -0.25) is 0 Å². The topological polar surface area (TPSA) is 126 Å². The largest absolute Gasteiger partial charge is 0.447 e. The quantitative estimate of drug-likeness (QED) is 0.371. The molecule has 0 bridgehead atoms. The minimum absolute atomic E-state index is 0.102. The molecule has 1 aliphatic rings. The molecule has 194 valence electrons. The Morgan fingerprint density at radius 1 is 1.22 bits per heavy atom. The second-order valence-corrected chi connectivity index (χ2v) is 12.1. The zero-order valence-electron chi connectivity index (χ0n) is 20.8. The third kappa shape index (κ3) is 6.51. The van der Waals surface area contributed by atoms with Crippen LogP contribution in [0.1, 0.15) is 68.8 Å². The SMILES string of the molecule is CCNS(=O)(=O)c1cc(Cc2ncc[nH]2)ccc1-c1cnc(C2CCC(NC(=O)OC(C)C)CC2)s1. The molecule has 4 rings (SSSR count). The van der Waals surface area contributed by atoms with Crippen molar-refractivity contribution in [1.29, 1.82) is 0 Å². The Hall–Kier alpha value is -2.76. The molecule has 1 aromatic carbocycles. The average Bonchev–Trinajstić information content (AvgIpc) is 3.51. The number of hydrogen-bond donors (Lipinski definition) is 3. The molecular formula is C25H33N5O4S2. The monoisotopic (exact) mass is 531 g/mol. The standard InChI is InChI=1S/C25H33N5O4S2/c1-4-29-36(32,33)22-13-17(14-23-26-11-12-27-23)5-10-20(22)21-15-28-24(35-21)18-6-8-19(9-7-18)30-25(31)34-16(2)3/h5,10-13,15-16,18-19,29H,4,6-9,14H2,1-3H3,(H,26,27)(H,30,31). The number of nitrogens with zero attached hydrogens (tertiary/aromatic N) is 2. The van der Waals surface area contributed by atoms with Gasteiger partial charge in [0, 0.05) is 49.1 Å². The third-order valence-electron chi connectivity index (χ3n) is 6.13. The van der Waals surface area contributed by atoms with E-state index in [0.717, 1.165) is 47.0 Å². The summed E-state index contributed by atoms with van der Waals surface area (Å²) in [6.45, 7) is 5.73. The van der Waals surface area contributed by atoms with Crippen LogP contribution in [0, 0.1) is 0 Å². The number of H-pyrrole nitrogens is 1. The van der Waals surface area contributed by atoms with Crippen molar-refractivity contribution < 1.29 is 17.9 Å². The van der Waals surface area contributed by atoms with Crippen LogP contribution in [0.15, 0.2) is 41.7 Å². The number of imidazole rings is 1. The van der Waals surface area contributed by atoms with E-state index >= 15 is 0 Å². The van der Waals surface area contributed by atoms with Crippen LogP contribution in [-0.2, 0) is 21.2 Å². The number of sulfonamides is 1. The van der Waals surface area contributed by atoms with E-state index in [2.05, 4.69) is 25.0 Å². The van der Waals surface area contributed by atoms with Crippen LogP contribution in [0.25, 0.3) is 10.4 Å². The Bertz CT molecular complexity index is 1260. The predicted octanol–water partition coefficient (Wildman–Crippen LogP) is 4.58. The summed E-state index contributed by atoms with van der Waals surface area (Å²) in [4.78, 5) is 25.0. The van der Waals surface area contributed by atoms with E-state index in [1.807, 2.05) is 26.0 Å². The molecule has 0 saturated heterocycles. The molecule has 0 aliphatic heterocycles. The maximum absolute atomic E-state index is 13.1. The summed E-state index contributed by atoms with van der Waals surface area (Å²) in [6.07, 6.45) is 8.73. The Labute approximate surface area is 216 Å². The number of amides is 1. The van der Waals surface area contributed by atoms with Crippen LogP contribution in [0.2, 0.25) is 0 Å². The summed E-state index contributed by atoms with van der Waals surface area (Å²) >= 11 is 1.54. The van der Waals surface area contributed by atoms with Crippen molar-refractivity contribution in [3.63, 3.8) is 0 Å². The summed E-state index contributed by atoms with van der Waals surface area (Å²) in [5.41, 5.74) is 1.51. The molecule has 9 nitrogen and oxygen atoms in total. The highest BCUT2D eigenvalue weighted by Crippen LogP contribution is 2.39. The number of alkyl carbamates (subject to hydrolysis) is 1. The van der Waals surface area contributed by atoms with E-state index in [4.69, 9.17) is 4.74 Å². The summed E-state index contributed by atoms with van der Waals surface area (Å²) in [7, 11) is -3.69. The van der Waals surface area contributed by atoms with Crippen molar-refractivity contribution in [2.24, 2.45) is 0 Å². The lowest BCUT2D eigenvalue weighted by Gasteiger charge is -2.28. The number of hydrogen-bond acceptors (Lipinski definition) is 7. The molecule has 3 aromatic rings. The molecule has 0 atom stereocenters. The summed E-state index contributed by atoms with van der Waals surface area (Å²) in [6, 6.07) is 5.63. The zero-order chi connectivity index (χ0) is 25.7. The Morgan fingerprint density at radius 2 is 2.00 bits per heavy atom. The predicted molar refractivity (Wildman–Crippen MR) is 140 cm³/mol. The molecule has 1 saturated carbocycles. The molecule has 1 fully saturated rings. The number of carbonyl (C=O) groups excluding carboxylic acids is 1. The van der Waals surface area contributed by atoms with Crippen LogP contribution >= 0.6 is 11.3 Å². The van der Waals surface area contributed by atoms with Gasteiger partial charge in [-0.05, 0) is 51.2 Å². The average molecular weight is 532 g/mol. The van der Waals surface area contributed by atoms with Gasteiger partial charge in [0.15, 0.2) is 0 Å². The maximum atomic E-state index is 13.1. The van der Waals surface area contributed by atoms with Crippen LogP contribution in [0.5, 0.6) is 0 Å². The van der Waals surface area contributed by atoms with Gasteiger partial charge in [-0.25, -0.2) is 27.9 Å². The molecule has 11 heteroatoms. The molecule has 0 spiro atoms. The molecule has 0 unspecified atom stereocenters. The first-order valence-corrected chi connectivity index (χ1v) is 14.6. The fourth-order valence-electron chi connectivity index (χ4n) is 4.46. The minimum Gasteiger partial charge on any atom is -0.447 e. The number of aromatic nitrogens is 3. The van der Waals surface area contributed by atoms with Gasteiger partial charge in [0.2, 0.25) is 10.0 Å². The Morgan fingerprint density at radius 3 is 2.67 bits per heavy atom. The van der Waals surface area contributed by atoms with Gasteiger partial charge < -0.3 is 15.0 Å². The van der Waals surface area contributed by atoms with Gasteiger partial charge in [0.1, 0.15) is 5.82 Å². The van der Waals surface area contributed by atoms with E-state index in [-0.39, 0.29) is 29.1 Å². The summed E-state index contributed by atoms with van der Waals surface area (Å²) < 4.78 is 34.0. The molecule has 1 amide bonds. The van der Waals surface area contributed by atoms with Crippen LogP contribution in [0.3, 0.4) is 0 Å². The Kier molecular flexibility index (Phi) is 8.43. The molecule has 3 N–H and O–H groups in total. The number of thiazole rings is 1. The lowest BCUT2D eigenvalue weighted by molar-refractivity contribution is 0.109. The fraction of sp³-hybridized carbons (Fsp3) is 0.480. The smallest absolute Gasteiger partial charge is 0.407 e. The fourth-order valence-corrected chi connectivity index (χ4v) is 6.96. The zero-order valence-corrected chi connectivity index (χ0v) is 22.4. The van der Waals surface area contributed by atoms with Crippen LogP contribution in [-0.4, -0.2) is 48.2 Å². The molecular weight excluding hydrogens is 498 g/mol. The van der Waals surface area contributed by atoms with Crippen LogP contribution < -0.4 is 10.0 Å².